The van der Waals surface area contributed by atoms with E-state index in [1.54, 1.807) is 32.1 Å². The van der Waals surface area contributed by atoms with Gasteiger partial charge in [0.25, 0.3) is 0 Å². The number of carbonyl (C=O) groups is 5. The van der Waals surface area contributed by atoms with Crippen LogP contribution in [0.15, 0.2) is 84.4 Å². The van der Waals surface area contributed by atoms with Crippen LogP contribution in [0.25, 0.3) is 0 Å². The molecule has 3 saturated heterocycles. The first-order valence-electron chi connectivity index (χ1n) is 31.3. The van der Waals surface area contributed by atoms with Crippen molar-refractivity contribution in [2.75, 3.05) is 0 Å². The molecule has 3 saturated carbocycles. The number of hydrogen-bond donors (Lipinski definition) is 1. The van der Waals surface area contributed by atoms with Gasteiger partial charge in [-0.1, -0.05) is 127 Å². The van der Waals surface area contributed by atoms with E-state index in [0.29, 0.717) is 24.2 Å². The van der Waals surface area contributed by atoms with Crippen LogP contribution in [-0.2, 0) is 170 Å². The summed E-state index contributed by atoms with van der Waals surface area (Å²) in [6.07, 6.45) is 7.83. The summed E-state index contributed by atoms with van der Waals surface area (Å²) in [5.74, 6) is 4.20. The number of ketones is 3. The van der Waals surface area contributed by atoms with Crippen molar-refractivity contribution in [1.29, 1.82) is 0 Å². The van der Waals surface area contributed by atoms with Gasteiger partial charge in [-0.25, -0.2) is 0 Å². The van der Waals surface area contributed by atoms with Crippen molar-refractivity contribution in [3.8, 4) is 17.2 Å². The van der Waals surface area contributed by atoms with Gasteiger partial charge in [0.2, 0.25) is 16.6 Å². The molecule has 9 rings (SSSR count). The Balaban J connectivity index is 0. The Bertz CT molecular complexity index is 2700. The van der Waals surface area contributed by atoms with Crippen molar-refractivity contribution in [3.63, 3.8) is 0 Å². The molecular weight excluding hydrogens is 1500 g/mol. The molecule has 6 fully saturated rings. The minimum Gasteiger partial charge on any atom is -0.544 e. The summed E-state index contributed by atoms with van der Waals surface area (Å²) in [7, 11) is -3.38. The quantitative estimate of drug-likeness (QED) is 0.0829. The third-order valence-corrected chi connectivity index (χ3v) is 25.8. The second-order valence-corrected chi connectivity index (χ2v) is 38.1. The van der Waals surface area contributed by atoms with Crippen molar-refractivity contribution in [2.24, 2.45) is 16.7 Å². The Morgan fingerprint density at radius 1 is 0.613 bits per heavy atom. The van der Waals surface area contributed by atoms with E-state index in [1.807, 2.05) is 67.5 Å². The number of benzene rings is 3. The Morgan fingerprint density at radius 3 is 1.31 bits per heavy atom. The fourth-order valence-electron chi connectivity index (χ4n) is 9.70. The number of Topliss-reactive ketones (excluding diaryl/α,β-unsaturated/α-hetero) is 3. The van der Waals surface area contributed by atoms with Gasteiger partial charge in [0.15, 0.2) is 28.9 Å². The molecule has 20 heteroatoms. The molecule has 1 unspecified atom stereocenters. The van der Waals surface area contributed by atoms with E-state index in [9.17, 15) is 24.0 Å². The molecule has 3 aliphatic carbocycles. The van der Waals surface area contributed by atoms with Gasteiger partial charge in [-0.3, -0.25) is 25.0 Å². The number of ether oxygens (including phenoxy) is 6. The van der Waals surface area contributed by atoms with Gasteiger partial charge in [-0.05, 0) is 152 Å². The average Bonchev–Trinajstić information content (AvgIpc) is 1.64. The molecule has 0 bridgehead atoms. The SMILES string of the molecule is CC1(C)O[C@@H]2CCC(=O)[C@@H]2O1.CC1C[C@H]2OC(C)(C)O[C@H]2C1=O.[CH2-]Br.[CH2-]Cc1ccc(O)cc1.[CH2-]Cc1ccc(O[Si](C)(C)C(C)(C)C)cc1.[CH2-]Cc1ccc(O[Si](C)(C)C(C)(C)C)cc1.[CH2-][C@](C)(CC=O)/C(C=O)=C\C.[CH2-][C@]1(C)C[C@H]2OC(C)(C)O[C@H]2C1=O.[Y].[Y].[Y]. The molecule has 3 aromatic carbocycles. The van der Waals surface area contributed by atoms with E-state index in [-0.39, 0.29) is 168 Å². The van der Waals surface area contributed by atoms with Gasteiger partial charge in [-0.15, -0.1) is 5.41 Å². The molecule has 14 nitrogen and oxygen atoms in total. The Morgan fingerprint density at radius 2 is 0.978 bits per heavy atom. The van der Waals surface area contributed by atoms with E-state index >= 15 is 0 Å². The van der Waals surface area contributed by atoms with Crippen LogP contribution in [0, 0.1) is 57.2 Å². The first kappa shape index (κ1) is 94.2. The zero-order valence-electron chi connectivity index (χ0n) is 60.0. The van der Waals surface area contributed by atoms with Gasteiger partial charge in [-0.2, -0.15) is 19.3 Å². The van der Waals surface area contributed by atoms with Gasteiger partial charge in [0.1, 0.15) is 53.9 Å². The van der Waals surface area contributed by atoms with Gasteiger partial charge >= 0.3 is 0 Å². The fraction of sp³-hybridized carbons (Fsp3) is 0.575. The minimum absolute atomic E-state index is 0. The smallest absolute Gasteiger partial charge is 0.250 e. The maximum absolute atomic E-state index is 11.7. The van der Waals surface area contributed by atoms with Crippen molar-refractivity contribution >= 4 is 62.5 Å². The van der Waals surface area contributed by atoms with Crippen LogP contribution in [0.3, 0.4) is 0 Å². The van der Waals surface area contributed by atoms with E-state index in [4.69, 9.17) is 42.4 Å². The van der Waals surface area contributed by atoms with E-state index in [1.165, 1.54) is 11.1 Å². The maximum atomic E-state index is 11.7. The summed E-state index contributed by atoms with van der Waals surface area (Å²) in [5, 5.41) is 9.33. The molecule has 0 aromatic heterocycles. The van der Waals surface area contributed by atoms with E-state index < -0.39 is 50.9 Å². The van der Waals surface area contributed by atoms with Crippen LogP contribution in [0.4, 0.5) is 0 Å². The molecule has 1 N–H and O–H groups in total. The topological polar surface area (TPSA) is 179 Å². The first-order valence-corrected chi connectivity index (χ1v) is 38.2. The molecule has 3 aliphatic heterocycles. The average molecular weight is 1620 g/mol. The third-order valence-electron chi connectivity index (χ3n) is 17.1. The Labute approximate surface area is 647 Å². The summed E-state index contributed by atoms with van der Waals surface area (Å²) >= 11 is 2.69. The largest absolute Gasteiger partial charge is 0.544 e. The van der Waals surface area contributed by atoms with Crippen LogP contribution in [0.5, 0.6) is 17.2 Å². The van der Waals surface area contributed by atoms with E-state index in [2.05, 4.69) is 173 Å². The molecule has 9 atom stereocenters. The standard InChI is InChI=1S/2C14H23OSi.C10H15O3.C9H14O3.C9H13O2.C8H12O3.C8H9O.CH2Br.3Y/c2*1-7-12-8-10-13(11-9-12)15-16(5,6)14(2,3)4;1-9(2)5-6-7(8(9)11)13-10(3,4)12-6;1-5-4-6-8(7(5)10)12-9(2,3)11-6;1-4-8(7-11)9(2,3)5-6-10;1-8(2)10-6-4-3-5(9)7(6)11-8;1-2-7-3-5-8(9)6-4-7;1-2;;;/h2*8-11H,1,7H2,2-6H3;6-7H,1,5H2,2-4H3;5-6,8H,4H2,1-3H3;4,6-7H,2,5H2,1,3H3;6-7H,3-4H2,1-2H3;3-6,9H,1-2H2;1H2;;;/q3*-1;;-1;;2*-1;;;/b;;;;8-4-;;;;;;/t;;6-,7-,9+;5?,6-,8-;9-;6-,7+;;;;;/m..1101...../s1. The molecule has 3 heterocycles. The number of rotatable bonds is 11. The molecular formula is C73H111BrO14Si2Y3-6. The minimum atomic E-state index is -1.69. The molecule has 3 aromatic rings. The number of fused-ring (bicyclic) bond motifs is 3. The molecule has 0 amide bonds. The predicted octanol–water partition coefficient (Wildman–Crippen LogP) is 16.7. The monoisotopic (exact) mass is 1610 g/mol. The van der Waals surface area contributed by atoms with Crippen LogP contribution >= 0.6 is 15.9 Å². The second kappa shape index (κ2) is 40.5. The number of phenolic OH excluding ortho intramolecular Hbond substituents is 1. The molecule has 6 aliphatic rings. The van der Waals surface area contributed by atoms with Crippen LogP contribution < -0.4 is 8.85 Å². The Kier molecular flexibility index (Phi) is 41.1. The van der Waals surface area contributed by atoms with Crippen LogP contribution in [-0.4, -0.2) is 106 Å². The zero-order valence-corrected chi connectivity index (χ0v) is 72.1. The third kappa shape index (κ3) is 30.1. The number of aromatic hydroxyl groups is 1. The number of carbonyl (C=O) groups excluding carboxylic acids is 5. The second-order valence-electron chi connectivity index (χ2n) is 28.7. The maximum Gasteiger partial charge on any atom is 0.250 e. The molecule has 3 radical (unpaired) electrons. The van der Waals surface area contributed by atoms with Gasteiger partial charge in [0.05, 0.1) is 18.3 Å². The number of hydrogen-bond acceptors (Lipinski definition) is 14. The summed E-state index contributed by atoms with van der Waals surface area (Å²) < 4.78 is 45.4. The number of aldehydes is 2. The zero-order chi connectivity index (χ0) is 69.2. The van der Waals surface area contributed by atoms with Gasteiger partial charge < -0.3 is 97.7 Å². The number of halogens is 1. The fourth-order valence-corrected chi connectivity index (χ4v) is 11.8. The summed E-state index contributed by atoms with van der Waals surface area (Å²) in [4.78, 5) is 54.9. The van der Waals surface area contributed by atoms with Crippen LogP contribution in [0.2, 0.25) is 36.3 Å². The molecule has 0 spiro atoms. The Hall–Kier alpha value is -0.865. The predicted molar refractivity (Wildman–Crippen MR) is 370 cm³/mol. The van der Waals surface area contributed by atoms with Crippen molar-refractivity contribution in [3.05, 3.63) is 142 Å². The van der Waals surface area contributed by atoms with Crippen molar-refractivity contribution in [2.45, 2.75) is 252 Å². The molecule has 517 valence electrons. The van der Waals surface area contributed by atoms with Crippen molar-refractivity contribution < 1.29 is 164 Å². The summed E-state index contributed by atoms with van der Waals surface area (Å²) in [6.45, 7) is 60.0. The van der Waals surface area contributed by atoms with Gasteiger partial charge in [0, 0.05) is 110 Å². The normalized spacial score (nSPS) is 24.7. The molecule has 93 heavy (non-hydrogen) atoms. The first-order chi connectivity index (χ1) is 41.3. The van der Waals surface area contributed by atoms with Crippen molar-refractivity contribution in [1.82, 2.24) is 0 Å². The summed E-state index contributed by atoms with van der Waals surface area (Å²) in [6, 6.07) is 23.7. The van der Waals surface area contributed by atoms with Crippen LogP contribution in [0.1, 0.15) is 160 Å². The summed E-state index contributed by atoms with van der Waals surface area (Å²) in [5.41, 5.74) is 3.15. The number of phenols is 1. The van der Waals surface area contributed by atoms with E-state index in [0.717, 1.165) is 61.7 Å². The number of allylic oxidation sites excluding steroid dienone is 2.